The van der Waals surface area contributed by atoms with Gasteiger partial charge in [-0.25, -0.2) is 8.42 Å². The largest absolute Gasteiger partial charge is 0.385 e. The van der Waals surface area contributed by atoms with Crippen LogP contribution in [0.3, 0.4) is 0 Å². The van der Waals surface area contributed by atoms with E-state index in [0.29, 0.717) is 11.5 Å². The first-order valence-corrected chi connectivity index (χ1v) is 7.63. The Hall–Kier alpha value is -0.950. The van der Waals surface area contributed by atoms with E-state index in [1.165, 1.54) is 6.26 Å². The minimum absolute atomic E-state index is 0.0677. The Bertz CT molecular complexity index is 474. The summed E-state index contributed by atoms with van der Waals surface area (Å²) in [6.45, 7) is 0.657. The predicted molar refractivity (Wildman–Crippen MR) is 70.7 cm³/mol. The van der Waals surface area contributed by atoms with Gasteiger partial charge in [-0.1, -0.05) is 12.1 Å². The summed E-state index contributed by atoms with van der Waals surface area (Å²) in [6, 6.07) is 6.77. The zero-order valence-electron chi connectivity index (χ0n) is 10.7. The highest BCUT2D eigenvalue weighted by Gasteiger charge is 2.13. The van der Waals surface area contributed by atoms with Crippen LogP contribution in [0.4, 0.5) is 0 Å². The quantitative estimate of drug-likeness (QED) is 0.440. The summed E-state index contributed by atoms with van der Waals surface area (Å²) < 4.78 is 28.0. The third kappa shape index (κ3) is 4.38. The summed E-state index contributed by atoms with van der Waals surface area (Å²) in [5.41, 5.74) is 3.58. The third-order valence-corrected chi connectivity index (χ3v) is 3.84. The van der Waals surface area contributed by atoms with Crippen molar-refractivity contribution in [2.45, 2.75) is 23.8 Å². The van der Waals surface area contributed by atoms with Crippen molar-refractivity contribution in [1.29, 1.82) is 0 Å². The number of benzene rings is 1. The average Bonchev–Trinajstić information content (AvgIpc) is 2.34. The summed E-state index contributed by atoms with van der Waals surface area (Å²) in [5.74, 6) is 5.51. The van der Waals surface area contributed by atoms with Crippen LogP contribution >= 0.6 is 0 Å². The molecule has 18 heavy (non-hydrogen) atoms. The average molecular weight is 272 g/mol. The Morgan fingerprint density at radius 1 is 1.44 bits per heavy atom. The zero-order chi connectivity index (χ0) is 13.6. The van der Waals surface area contributed by atoms with E-state index in [-0.39, 0.29) is 6.04 Å². The Morgan fingerprint density at radius 2 is 2.17 bits per heavy atom. The maximum atomic E-state index is 11.5. The van der Waals surface area contributed by atoms with Crippen LogP contribution in [0.2, 0.25) is 0 Å². The standard InChI is InChI=1S/C12H20N2O3S/c1-17-8-4-7-12(14-13)10-5-3-6-11(9-10)18(2,15)16/h3,5-6,9,12,14H,4,7-8,13H2,1-2H3. The Balaban J connectivity index is 2.86. The van der Waals surface area contributed by atoms with Gasteiger partial charge in [-0.2, -0.15) is 0 Å². The van der Waals surface area contributed by atoms with Crippen LogP contribution in [0, 0.1) is 0 Å². The molecule has 1 unspecified atom stereocenters. The van der Waals surface area contributed by atoms with Gasteiger partial charge >= 0.3 is 0 Å². The molecular weight excluding hydrogens is 252 g/mol. The molecule has 0 saturated carbocycles. The number of hydrogen-bond acceptors (Lipinski definition) is 5. The second kappa shape index (κ2) is 6.84. The van der Waals surface area contributed by atoms with Crippen molar-refractivity contribution in [1.82, 2.24) is 5.43 Å². The van der Waals surface area contributed by atoms with E-state index in [0.717, 1.165) is 18.4 Å². The molecule has 0 heterocycles. The highest BCUT2D eigenvalue weighted by molar-refractivity contribution is 7.90. The molecule has 0 aliphatic carbocycles. The first-order chi connectivity index (χ1) is 8.49. The molecule has 5 nitrogen and oxygen atoms in total. The fraction of sp³-hybridized carbons (Fsp3) is 0.500. The maximum Gasteiger partial charge on any atom is 0.175 e. The van der Waals surface area contributed by atoms with Crippen LogP contribution in [0.15, 0.2) is 29.2 Å². The normalized spacial score (nSPS) is 13.5. The van der Waals surface area contributed by atoms with Crippen LogP contribution < -0.4 is 11.3 Å². The summed E-state index contributed by atoms with van der Waals surface area (Å²) in [7, 11) is -1.54. The molecule has 1 rings (SSSR count). The van der Waals surface area contributed by atoms with Gasteiger partial charge < -0.3 is 4.74 Å². The Labute approximate surface area is 108 Å². The van der Waals surface area contributed by atoms with Gasteiger partial charge in [0.25, 0.3) is 0 Å². The molecule has 3 N–H and O–H groups in total. The van der Waals surface area contributed by atoms with E-state index in [1.807, 2.05) is 6.07 Å². The molecule has 0 spiro atoms. The number of rotatable bonds is 7. The monoisotopic (exact) mass is 272 g/mol. The first-order valence-electron chi connectivity index (χ1n) is 5.74. The number of sulfone groups is 1. The van der Waals surface area contributed by atoms with Crippen LogP contribution in [0.5, 0.6) is 0 Å². The Kier molecular flexibility index (Phi) is 5.74. The first kappa shape index (κ1) is 15.1. The summed E-state index contributed by atoms with van der Waals surface area (Å²) in [6.07, 6.45) is 2.84. The predicted octanol–water partition coefficient (Wildman–Crippen LogP) is 1.02. The number of methoxy groups -OCH3 is 1. The van der Waals surface area contributed by atoms with Crippen LogP contribution in [0.25, 0.3) is 0 Å². The highest BCUT2D eigenvalue weighted by atomic mass is 32.2. The minimum Gasteiger partial charge on any atom is -0.385 e. The zero-order valence-corrected chi connectivity index (χ0v) is 11.5. The Morgan fingerprint density at radius 3 is 2.72 bits per heavy atom. The molecule has 1 aromatic rings. The molecule has 0 radical (unpaired) electrons. The van der Waals surface area contributed by atoms with E-state index in [2.05, 4.69) is 5.43 Å². The molecule has 1 atom stereocenters. The van der Waals surface area contributed by atoms with E-state index in [1.54, 1.807) is 25.3 Å². The lowest BCUT2D eigenvalue weighted by atomic mass is 10.0. The summed E-state index contributed by atoms with van der Waals surface area (Å²) >= 11 is 0. The lowest BCUT2D eigenvalue weighted by Gasteiger charge is -2.16. The van der Waals surface area contributed by atoms with E-state index >= 15 is 0 Å². The van der Waals surface area contributed by atoms with Crippen LogP contribution in [0.1, 0.15) is 24.4 Å². The summed E-state index contributed by atoms with van der Waals surface area (Å²) in [5, 5.41) is 0. The lowest BCUT2D eigenvalue weighted by Crippen LogP contribution is -2.28. The minimum atomic E-state index is -3.19. The van der Waals surface area contributed by atoms with Crippen LogP contribution in [-0.2, 0) is 14.6 Å². The second-order valence-corrected chi connectivity index (χ2v) is 6.21. The number of nitrogens with two attached hydrogens (primary N) is 1. The SMILES string of the molecule is COCCCC(NN)c1cccc(S(C)(=O)=O)c1. The van der Waals surface area contributed by atoms with Crippen molar-refractivity contribution in [2.24, 2.45) is 5.84 Å². The fourth-order valence-electron chi connectivity index (χ4n) is 1.74. The third-order valence-electron chi connectivity index (χ3n) is 2.73. The fourth-order valence-corrected chi connectivity index (χ4v) is 2.42. The molecule has 0 saturated heterocycles. The molecule has 0 aliphatic heterocycles. The molecule has 0 aliphatic rings. The number of ether oxygens (including phenoxy) is 1. The van der Waals surface area contributed by atoms with E-state index in [9.17, 15) is 8.42 Å². The molecular formula is C12H20N2O3S. The van der Waals surface area contributed by atoms with Crippen molar-refractivity contribution in [3.8, 4) is 0 Å². The molecule has 0 bridgehead atoms. The van der Waals surface area contributed by atoms with E-state index in [4.69, 9.17) is 10.6 Å². The smallest absolute Gasteiger partial charge is 0.175 e. The van der Waals surface area contributed by atoms with Crippen LogP contribution in [-0.4, -0.2) is 28.4 Å². The number of hydrazine groups is 1. The molecule has 102 valence electrons. The lowest BCUT2D eigenvalue weighted by molar-refractivity contribution is 0.189. The topological polar surface area (TPSA) is 81.4 Å². The number of hydrogen-bond donors (Lipinski definition) is 2. The van der Waals surface area contributed by atoms with Gasteiger partial charge in [0.1, 0.15) is 0 Å². The highest BCUT2D eigenvalue weighted by Crippen LogP contribution is 2.20. The second-order valence-electron chi connectivity index (χ2n) is 4.20. The van der Waals surface area contributed by atoms with Crippen molar-refractivity contribution in [3.05, 3.63) is 29.8 Å². The number of nitrogens with one attached hydrogen (secondary N) is 1. The van der Waals surface area contributed by atoms with Crippen molar-refractivity contribution in [3.63, 3.8) is 0 Å². The van der Waals surface area contributed by atoms with Gasteiger partial charge in [0.2, 0.25) is 0 Å². The van der Waals surface area contributed by atoms with Crippen molar-refractivity contribution in [2.75, 3.05) is 20.0 Å². The van der Waals surface area contributed by atoms with Crippen molar-refractivity contribution < 1.29 is 13.2 Å². The molecule has 0 aromatic heterocycles. The maximum absolute atomic E-state index is 11.5. The van der Waals surface area contributed by atoms with Gasteiger partial charge in [-0.15, -0.1) is 0 Å². The van der Waals surface area contributed by atoms with Gasteiger partial charge in [0, 0.05) is 26.0 Å². The molecule has 0 amide bonds. The van der Waals surface area contributed by atoms with Crippen molar-refractivity contribution >= 4 is 9.84 Å². The van der Waals surface area contributed by atoms with Gasteiger partial charge in [0.15, 0.2) is 9.84 Å². The summed E-state index contributed by atoms with van der Waals surface area (Å²) in [4.78, 5) is 0.312. The molecule has 1 aromatic carbocycles. The molecule has 0 fully saturated rings. The van der Waals surface area contributed by atoms with Gasteiger partial charge in [0.05, 0.1) is 4.90 Å². The van der Waals surface area contributed by atoms with E-state index < -0.39 is 9.84 Å². The molecule has 6 heteroatoms. The van der Waals surface area contributed by atoms with Gasteiger partial charge in [-0.05, 0) is 30.5 Å². The van der Waals surface area contributed by atoms with Gasteiger partial charge in [-0.3, -0.25) is 11.3 Å².